The molecule has 0 aliphatic rings. The average Bonchev–Trinajstić information content (AvgIpc) is 2.55. The van der Waals surface area contributed by atoms with Crippen LogP contribution in [0.3, 0.4) is 0 Å². The number of carbonyl (C=O) groups excluding carboxylic acids is 2. The van der Waals surface area contributed by atoms with Crippen molar-refractivity contribution >= 4 is 40.7 Å². The minimum Gasteiger partial charge on any atom is -0.350 e. The standard InChI is InChI=1S/C17H17Cl2N3O2/c1-10(2)9-21-17(24)15-7-11(5-6-20-15)16(23)22-14-4-3-12(18)8-13(14)19/h3-8,10H,9H2,1-2H3,(H,21,24)(H,22,23). The summed E-state index contributed by atoms with van der Waals surface area (Å²) in [6.45, 7) is 4.53. The zero-order chi connectivity index (χ0) is 17.7. The third kappa shape index (κ3) is 4.94. The number of anilines is 1. The summed E-state index contributed by atoms with van der Waals surface area (Å²) in [5, 5.41) is 6.25. The lowest BCUT2D eigenvalue weighted by molar-refractivity contribution is 0.0944. The molecule has 0 bridgehead atoms. The molecule has 126 valence electrons. The molecular weight excluding hydrogens is 349 g/mol. The van der Waals surface area contributed by atoms with Gasteiger partial charge in [0, 0.05) is 23.3 Å². The number of benzene rings is 1. The third-order valence-corrected chi connectivity index (χ3v) is 3.65. The number of pyridine rings is 1. The summed E-state index contributed by atoms with van der Waals surface area (Å²) in [5.41, 5.74) is 0.935. The number of hydrogen-bond donors (Lipinski definition) is 2. The Labute approximate surface area is 150 Å². The fourth-order valence-corrected chi connectivity index (χ4v) is 2.32. The van der Waals surface area contributed by atoms with Gasteiger partial charge in [0.1, 0.15) is 5.69 Å². The van der Waals surface area contributed by atoms with Crippen LogP contribution in [0.25, 0.3) is 0 Å². The third-order valence-electron chi connectivity index (χ3n) is 3.10. The van der Waals surface area contributed by atoms with Crippen LogP contribution in [0.1, 0.15) is 34.7 Å². The second kappa shape index (κ2) is 8.13. The quantitative estimate of drug-likeness (QED) is 0.840. The van der Waals surface area contributed by atoms with Gasteiger partial charge in [-0.25, -0.2) is 0 Å². The number of amides is 2. The van der Waals surface area contributed by atoms with Gasteiger partial charge in [0.05, 0.1) is 10.7 Å². The molecule has 0 aliphatic carbocycles. The topological polar surface area (TPSA) is 71.1 Å². The first-order valence-corrected chi connectivity index (χ1v) is 8.13. The normalized spacial score (nSPS) is 10.5. The summed E-state index contributed by atoms with van der Waals surface area (Å²) in [4.78, 5) is 28.4. The van der Waals surface area contributed by atoms with E-state index >= 15 is 0 Å². The zero-order valence-electron chi connectivity index (χ0n) is 13.3. The SMILES string of the molecule is CC(C)CNC(=O)c1cc(C(=O)Nc2ccc(Cl)cc2Cl)ccn1. The minimum absolute atomic E-state index is 0.186. The average molecular weight is 366 g/mol. The minimum atomic E-state index is -0.389. The molecule has 0 atom stereocenters. The Kier molecular flexibility index (Phi) is 6.17. The lowest BCUT2D eigenvalue weighted by Crippen LogP contribution is -2.28. The van der Waals surface area contributed by atoms with Gasteiger partial charge < -0.3 is 10.6 Å². The monoisotopic (exact) mass is 365 g/mol. The zero-order valence-corrected chi connectivity index (χ0v) is 14.8. The molecule has 1 aromatic carbocycles. The molecule has 7 heteroatoms. The molecule has 2 N–H and O–H groups in total. The molecule has 5 nitrogen and oxygen atoms in total. The molecule has 2 rings (SSSR count). The van der Waals surface area contributed by atoms with Crippen LogP contribution in [-0.2, 0) is 0 Å². The molecule has 1 heterocycles. The maximum absolute atomic E-state index is 12.3. The Hall–Kier alpha value is -2.11. The molecular formula is C17H17Cl2N3O2. The van der Waals surface area contributed by atoms with Crippen LogP contribution in [-0.4, -0.2) is 23.3 Å². The highest BCUT2D eigenvalue weighted by Crippen LogP contribution is 2.25. The summed E-state index contributed by atoms with van der Waals surface area (Å²) in [6, 6.07) is 7.74. The Balaban J connectivity index is 2.12. The summed E-state index contributed by atoms with van der Waals surface area (Å²) >= 11 is 11.9. The van der Waals surface area contributed by atoms with Crippen molar-refractivity contribution in [3.63, 3.8) is 0 Å². The van der Waals surface area contributed by atoms with Gasteiger partial charge in [-0.2, -0.15) is 0 Å². The summed E-state index contributed by atoms with van der Waals surface area (Å²) in [7, 11) is 0. The van der Waals surface area contributed by atoms with E-state index in [-0.39, 0.29) is 17.5 Å². The number of halogens is 2. The molecule has 1 aromatic heterocycles. The van der Waals surface area contributed by atoms with Crippen LogP contribution >= 0.6 is 23.2 Å². The van der Waals surface area contributed by atoms with Gasteiger partial charge >= 0.3 is 0 Å². The second-order valence-electron chi connectivity index (χ2n) is 5.61. The van der Waals surface area contributed by atoms with Gasteiger partial charge in [-0.05, 0) is 36.2 Å². The lowest BCUT2D eigenvalue weighted by Gasteiger charge is -2.09. The molecule has 0 saturated carbocycles. The van der Waals surface area contributed by atoms with E-state index in [0.29, 0.717) is 33.8 Å². The first-order valence-electron chi connectivity index (χ1n) is 7.37. The predicted molar refractivity (Wildman–Crippen MR) is 95.8 cm³/mol. The number of rotatable bonds is 5. The van der Waals surface area contributed by atoms with Crippen LogP contribution in [0.2, 0.25) is 10.0 Å². The van der Waals surface area contributed by atoms with Gasteiger partial charge in [0.25, 0.3) is 11.8 Å². The number of carbonyl (C=O) groups is 2. The van der Waals surface area contributed by atoms with Gasteiger partial charge in [0.2, 0.25) is 0 Å². The molecule has 0 aliphatic heterocycles. The van der Waals surface area contributed by atoms with E-state index in [2.05, 4.69) is 15.6 Å². The summed E-state index contributed by atoms with van der Waals surface area (Å²) < 4.78 is 0. The van der Waals surface area contributed by atoms with Gasteiger partial charge in [-0.1, -0.05) is 37.0 Å². The van der Waals surface area contributed by atoms with Crippen molar-refractivity contribution in [1.82, 2.24) is 10.3 Å². The Morgan fingerprint density at radius 1 is 1.12 bits per heavy atom. The van der Waals surface area contributed by atoms with E-state index < -0.39 is 0 Å². The van der Waals surface area contributed by atoms with E-state index in [9.17, 15) is 9.59 Å². The van der Waals surface area contributed by atoms with E-state index in [1.54, 1.807) is 12.1 Å². The Bertz CT molecular complexity index is 763. The number of nitrogens with one attached hydrogen (secondary N) is 2. The lowest BCUT2D eigenvalue weighted by atomic mass is 10.2. The van der Waals surface area contributed by atoms with E-state index in [4.69, 9.17) is 23.2 Å². The number of hydrogen-bond acceptors (Lipinski definition) is 3. The number of aromatic nitrogens is 1. The van der Waals surface area contributed by atoms with Crippen molar-refractivity contribution in [2.24, 2.45) is 5.92 Å². The predicted octanol–water partition coefficient (Wildman–Crippen LogP) is 4.03. The first kappa shape index (κ1) is 18.2. The molecule has 0 saturated heterocycles. The van der Waals surface area contributed by atoms with Crippen LogP contribution in [0.15, 0.2) is 36.5 Å². The van der Waals surface area contributed by atoms with Gasteiger partial charge in [-0.15, -0.1) is 0 Å². The fourth-order valence-electron chi connectivity index (χ4n) is 1.87. The maximum Gasteiger partial charge on any atom is 0.269 e. The van der Waals surface area contributed by atoms with Crippen molar-refractivity contribution < 1.29 is 9.59 Å². The van der Waals surface area contributed by atoms with E-state index in [0.717, 1.165) is 0 Å². The molecule has 0 fully saturated rings. The maximum atomic E-state index is 12.3. The Morgan fingerprint density at radius 3 is 2.54 bits per heavy atom. The van der Waals surface area contributed by atoms with Crippen LogP contribution in [0, 0.1) is 5.92 Å². The van der Waals surface area contributed by atoms with Crippen LogP contribution in [0.4, 0.5) is 5.69 Å². The molecule has 0 spiro atoms. The van der Waals surface area contributed by atoms with Crippen LogP contribution < -0.4 is 10.6 Å². The molecule has 24 heavy (non-hydrogen) atoms. The van der Waals surface area contributed by atoms with Crippen molar-refractivity contribution in [2.45, 2.75) is 13.8 Å². The fraction of sp³-hybridized carbons (Fsp3) is 0.235. The molecule has 0 unspecified atom stereocenters. The number of nitrogens with zero attached hydrogens (tertiary/aromatic N) is 1. The van der Waals surface area contributed by atoms with Crippen LogP contribution in [0.5, 0.6) is 0 Å². The molecule has 0 radical (unpaired) electrons. The largest absolute Gasteiger partial charge is 0.350 e. The van der Waals surface area contributed by atoms with E-state index in [1.165, 1.54) is 24.4 Å². The smallest absolute Gasteiger partial charge is 0.269 e. The van der Waals surface area contributed by atoms with Gasteiger partial charge in [0.15, 0.2) is 0 Å². The van der Waals surface area contributed by atoms with Crippen molar-refractivity contribution in [1.29, 1.82) is 0 Å². The van der Waals surface area contributed by atoms with Crippen molar-refractivity contribution in [2.75, 3.05) is 11.9 Å². The van der Waals surface area contributed by atoms with Crippen molar-refractivity contribution in [3.8, 4) is 0 Å². The highest BCUT2D eigenvalue weighted by atomic mass is 35.5. The first-order chi connectivity index (χ1) is 11.4. The molecule has 2 amide bonds. The second-order valence-corrected chi connectivity index (χ2v) is 6.46. The van der Waals surface area contributed by atoms with Crippen molar-refractivity contribution in [3.05, 3.63) is 57.8 Å². The highest BCUT2D eigenvalue weighted by molar-refractivity contribution is 6.36. The summed E-state index contributed by atoms with van der Waals surface area (Å²) in [6.07, 6.45) is 1.42. The van der Waals surface area contributed by atoms with E-state index in [1.807, 2.05) is 13.8 Å². The highest BCUT2D eigenvalue weighted by Gasteiger charge is 2.13. The molecule has 2 aromatic rings. The van der Waals surface area contributed by atoms with Gasteiger partial charge in [-0.3, -0.25) is 14.6 Å². The summed E-state index contributed by atoms with van der Waals surface area (Å²) in [5.74, 6) is -0.380. The Morgan fingerprint density at radius 2 is 1.88 bits per heavy atom.